The largest absolute Gasteiger partial charge is 0.369 e. The average molecular weight is 531 g/mol. The van der Waals surface area contributed by atoms with Crippen LogP contribution in [0.2, 0.25) is 0 Å². The van der Waals surface area contributed by atoms with Gasteiger partial charge in [0.15, 0.2) is 0 Å². The number of carbonyl (C=O) groups is 3. The fraction of sp³-hybridized carbons (Fsp3) is 0.500. The standard InChI is InChI=1S/C32H42N4O3/c1-4-11-24(29(33)37)26(20-21(2)3)31(38)35-30-32(39)36(19-18-22-12-10-13-22)27-17-9-8-16-25(27)28(34-30)23-14-6-5-7-15-23/h5-9,14-17,21-22,24,26,30H,4,10-13,18-20H2,1-3H3,(H2,33,37)(H,35,38). The van der Waals surface area contributed by atoms with Gasteiger partial charge in [-0.25, -0.2) is 4.99 Å². The van der Waals surface area contributed by atoms with Gasteiger partial charge in [-0.15, -0.1) is 0 Å². The van der Waals surface area contributed by atoms with Crippen LogP contribution in [0.5, 0.6) is 0 Å². The Balaban J connectivity index is 1.73. The maximum Gasteiger partial charge on any atom is 0.272 e. The highest BCUT2D eigenvalue weighted by Crippen LogP contribution is 2.33. The first kappa shape index (κ1) is 28.5. The van der Waals surface area contributed by atoms with Crippen molar-refractivity contribution in [2.45, 2.75) is 71.9 Å². The summed E-state index contributed by atoms with van der Waals surface area (Å²) in [5.74, 6) is -1.50. The van der Waals surface area contributed by atoms with Gasteiger partial charge in [-0.05, 0) is 37.2 Å². The lowest BCUT2D eigenvalue weighted by molar-refractivity contribution is -0.136. The zero-order valence-electron chi connectivity index (χ0n) is 23.4. The fourth-order valence-corrected chi connectivity index (χ4v) is 5.73. The highest BCUT2D eigenvalue weighted by atomic mass is 16.2. The minimum Gasteiger partial charge on any atom is -0.369 e. The van der Waals surface area contributed by atoms with Gasteiger partial charge in [0.2, 0.25) is 18.0 Å². The third kappa shape index (κ3) is 6.75. The Bertz CT molecular complexity index is 1190. The van der Waals surface area contributed by atoms with Crippen molar-refractivity contribution in [2.75, 3.05) is 11.4 Å². The number of aliphatic imine (C=N–C) groups is 1. The van der Waals surface area contributed by atoms with E-state index in [4.69, 9.17) is 10.7 Å². The van der Waals surface area contributed by atoms with Gasteiger partial charge in [-0.3, -0.25) is 14.4 Å². The predicted octanol–water partition coefficient (Wildman–Crippen LogP) is 5.07. The third-order valence-electron chi connectivity index (χ3n) is 8.03. The number of nitrogens with two attached hydrogens (primary N) is 1. The van der Waals surface area contributed by atoms with Crippen molar-refractivity contribution < 1.29 is 14.4 Å². The van der Waals surface area contributed by atoms with Crippen molar-refractivity contribution in [3.8, 4) is 0 Å². The van der Waals surface area contributed by atoms with E-state index in [2.05, 4.69) is 5.32 Å². The molecule has 2 aromatic rings. The van der Waals surface area contributed by atoms with Gasteiger partial charge in [0.25, 0.3) is 5.91 Å². The van der Waals surface area contributed by atoms with Crippen LogP contribution in [0.15, 0.2) is 59.6 Å². The topological polar surface area (TPSA) is 105 Å². The number of para-hydroxylation sites is 1. The highest BCUT2D eigenvalue weighted by Gasteiger charge is 2.38. The van der Waals surface area contributed by atoms with E-state index >= 15 is 0 Å². The molecule has 0 saturated heterocycles. The number of anilines is 1. The molecule has 3 N–H and O–H groups in total. The lowest BCUT2D eigenvalue weighted by Gasteiger charge is -2.31. The van der Waals surface area contributed by atoms with Crippen LogP contribution >= 0.6 is 0 Å². The molecule has 3 atom stereocenters. The molecular formula is C32H42N4O3. The highest BCUT2D eigenvalue weighted by molar-refractivity contribution is 6.20. The number of benzodiazepines with no additional fused rings is 1. The van der Waals surface area contributed by atoms with Crippen molar-refractivity contribution in [2.24, 2.45) is 34.4 Å². The molecule has 0 radical (unpaired) electrons. The molecular weight excluding hydrogens is 488 g/mol. The molecule has 7 nitrogen and oxygen atoms in total. The second kappa shape index (κ2) is 13.0. The van der Waals surface area contributed by atoms with Gasteiger partial charge in [-0.2, -0.15) is 0 Å². The van der Waals surface area contributed by atoms with Crippen LogP contribution in [-0.4, -0.2) is 36.1 Å². The third-order valence-corrected chi connectivity index (χ3v) is 8.03. The van der Waals surface area contributed by atoms with E-state index in [9.17, 15) is 14.4 Å². The molecule has 39 heavy (non-hydrogen) atoms. The number of benzene rings is 2. The molecule has 3 amide bonds. The van der Waals surface area contributed by atoms with Gasteiger partial charge >= 0.3 is 0 Å². The molecule has 7 heteroatoms. The number of carbonyl (C=O) groups excluding carboxylic acids is 3. The first-order valence-electron chi connectivity index (χ1n) is 14.4. The van der Waals surface area contributed by atoms with Crippen LogP contribution in [0.3, 0.4) is 0 Å². The van der Waals surface area contributed by atoms with Crippen molar-refractivity contribution in [1.29, 1.82) is 0 Å². The van der Waals surface area contributed by atoms with E-state index in [0.29, 0.717) is 31.0 Å². The van der Waals surface area contributed by atoms with Crippen LogP contribution in [0.4, 0.5) is 5.69 Å². The Morgan fingerprint density at radius 1 is 1.05 bits per heavy atom. The van der Waals surface area contributed by atoms with Crippen molar-refractivity contribution in [3.63, 3.8) is 0 Å². The summed E-state index contributed by atoms with van der Waals surface area (Å²) in [5.41, 5.74) is 8.97. The number of primary amides is 1. The molecule has 0 spiro atoms. The van der Waals surface area contributed by atoms with Gasteiger partial charge in [0, 0.05) is 29.5 Å². The zero-order chi connectivity index (χ0) is 27.9. The lowest BCUT2D eigenvalue weighted by atomic mass is 9.81. The number of hydrogen-bond donors (Lipinski definition) is 2. The normalized spacial score (nSPS) is 19.0. The van der Waals surface area contributed by atoms with E-state index in [-0.39, 0.29) is 17.7 Å². The molecule has 2 aliphatic rings. The minimum atomic E-state index is -1.11. The summed E-state index contributed by atoms with van der Waals surface area (Å²) in [5, 5.41) is 2.96. The van der Waals surface area contributed by atoms with Crippen LogP contribution in [0.25, 0.3) is 0 Å². The maximum atomic E-state index is 14.1. The second-order valence-corrected chi connectivity index (χ2v) is 11.4. The molecule has 1 aliphatic carbocycles. The predicted molar refractivity (Wildman–Crippen MR) is 155 cm³/mol. The smallest absolute Gasteiger partial charge is 0.272 e. The van der Waals surface area contributed by atoms with Crippen LogP contribution in [0, 0.1) is 23.7 Å². The molecule has 1 heterocycles. The summed E-state index contributed by atoms with van der Waals surface area (Å²) in [6.07, 6.45) is 5.20. The number of rotatable bonds is 12. The molecule has 1 fully saturated rings. The van der Waals surface area contributed by atoms with Gasteiger partial charge < -0.3 is 16.0 Å². The van der Waals surface area contributed by atoms with Gasteiger partial charge in [-0.1, -0.05) is 95.0 Å². The minimum absolute atomic E-state index is 0.177. The molecule has 1 aliphatic heterocycles. The molecule has 3 unspecified atom stereocenters. The summed E-state index contributed by atoms with van der Waals surface area (Å²) < 4.78 is 0. The molecule has 208 valence electrons. The van der Waals surface area contributed by atoms with Crippen LogP contribution < -0.4 is 16.0 Å². The first-order valence-corrected chi connectivity index (χ1v) is 14.4. The number of nitrogens with one attached hydrogen (secondary N) is 1. The van der Waals surface area contributed by atoms with Crippen molar-refractivity contribution in [1.82, 2.24) is 5.32 Å². The monoisotopic (exact) mass is 530 g/mol. The SMILES string of the molecule is CCCC(C(N)=O)C(CC(C)C)C(=O)NC1N=C(c2ccccc2)c2ccccc2N(CCC2CCC2)C1=O. The van der Waals surface area contributed by atoms with E-state index in [1.54, 1.807) is 4.90 Å². The molecule has 0 aromatic heterocycles. The summed E-state index contributed by atoms with van der Waals surface area (Å²) >= 11 is 0. The first-order chi connectivity index (χ1) is 18.8. The van der Waals surface area contributed by atoms with Crippen molar-refractivity contribution >= 4 is 29.1 Å². The number of nitrogens with zero attached hydrogens (tertiary/aromatic N) is 2. The van der Waals surface area contributed by atoms with E-state index < -0.39 is 23.9 Å². The average Bonchev–Trinajstić information content (AvgIpc) is 3.00. The quantitative estimate of drug-likeness (QED) is 0.400. The Morgan fingerprint density at radius 3 is 2.36 bits per heavy atom. The Hall–Kier alpha value is -3.48. The van der Waals surface area contributed by atoms with E-state index in [1.165, 1.54) is 19.3 Å². The summed E-state index contributed by atoms with van der Waals surface area (Å²) in [7, 11) is 0. The van der Waals surface area contributed by atoms with E-state index in [1.807, 2.05) is 75.4 Å². The Labute approximate surface area is 232 Å². The van der Waals surface area contributed by atoms with Gasteiger partial charge in [0.1, 0.15) is 0 Å². The summed E-state index contributed by atoms with van der Waals surface area (Å²) in [6.45, 7) is 6.58. The lowest BCUT2D eigenvalue weighted by Crippen LogP contribution is -2.51. The second-order valence-electron chi connectivity index (χ2n) is 11.4. The summed E-state index contributed by atoms with van der Waals surface area (Å²) in [6, 6.07) is 17.6. The fourth-order valence-electron chi connectivity index (χ4n) is 5.73. The van der Waals surface area contributed by atoms with Crippen LogP contribution in [-0.2, 0) is 14.4 Å². The number of amides is 3. The number of hydrogen-bond acceptors (Lipinski definition) is 4. The maximum absolute atomic E-state index is 14.1. The molecule has 0 bridgehead atoms. The van der Waals surface area contributed by atoms with E-state index in [0.717, 1.165) is 29.7 Å². The van der Waals surface area contributed by atoms with Crippen molar-refractivity contribution in [3.05, 3.63) is 65.7 Å². The molecule has 4 rings (SSSR count). The molecule has 1 saturated carbocycles. The zero-order valence-corrected chi connectivity index (χ0v) is 23.4. The number of fused-ring (bicyclic) bond motifs is 1. The molecule has 2 aromatic carbocycles. The Morgan fingerprint density at radius 2 is 1.74 bits per heavy atom. The summed E-state index contributed by atoms with van der Waals surface area (Å²) in [4.78, 5) is 47.0. The Kier molecular flexibility index (Phi) is 9.54. The van der Waals surface area contributed by atoms with Crippen LogP contribution in [0.1, 0.15) is 76.8 Å². The van der Waals surface area contributed by atoms with Gasteiger partial charge in [0.05, 0.1) is 11.4 Å².